The largest absolute Gasteiger partial charge is 0.322 e. The first-order valence-electron chi connectivity index (χ1n) is 6.49. The monoisotopic (exact) mass is 294 g/mol. The van der Waals surface area contributed by atoms with Crippen LogP contribution < -0.4 is 10.3 Å². The van der Waals surface area contributed by atoms with Gasteiger partial charge >= 0.3 is 0 Å². The summed E-state index contributed by atoms with van der Waals surface area (Å²) >= 11 is 0. The molecule has 1 aromatic heterocycles. The summed E-state index contributed by atoms with van der Waals surface area (Å²) < 4.78 is 26.9. The Labute approximate surface area is 118 Å². The fraction of sp³-hybridized carbons (Fsp3) is 0.357. The molecule has 108 valence electrons. The van der Waals surface area contributed by atoms with Crippen molar-refractivity contribution in [1.82, 2.24) is 9.71 Å². The summed E-state index contributed by atoms with van der Waals surface area (Å²) in [6, 6.07) is 4.65. The van der Waals surface area contributed by atoms with E-state index in [0.29, 0.717) is 12.1 Å². The molecule has 2 rings (SSSR count). The van der Waals surface area contributed by atoms with E-state index in [-0.39, 0.29) is 10.5 Å². The van der Waals surface area contributed by atoms with Crippen LogP contribution in [0.25, 0.3) is 10.9 Å². The minimum atomic E-state index is -3.51. The van der Waals surface area contributed by atoms with E-state index in [1.165, 1.54) is 6.07 Å². The molecule has 0 aliphatic heterocycles. The molecule has 0 spiro atoms. The highest BCUT2D eigenvalue weighted by Gasteiger charge is 2.16. The molecule has 1 aromatic carbocycles. The first-order valence-corrected chi connectivity index (χ1v) is 7.97. The lowest BCUT2D eigenvalue weighted by Gasteiger charge is -2.10. The molecule has 1 heterocycles. The number of pyridine rings is 1. The molecule has 5 nitrogen and oxygen atoms in total. The third-order valence-corrected chi connectivity index (χ3v) is 4.62. The van der Waals surface area contributed by atoms with Crippen LogP contribution >= 0.6 is 0 Å². The normalized spacial score (nSPS) is 11.9. The van der Waals surface area contributed by atoms with E-state index in [1.54, 1.807) is 26.0 Å². The number of fused-ring (bicyclic) bond motifs is 1. The average molecular weight is 294 g/mol. The maximum Gasteiger partial charge on any atom is 0.248 e. The number of benzene rings is 1. The maximum absolute atomic E-state index is 12.2. The van der Waals surface area contributed by atoms with E-state index >= 15 is 0 Å². The van der Waals surface area contributed by atoms with Crippen molar-refractivity contribution < 1.29 is 8.42 Å². The van der Waals surface area contributed by atoms with Crippen LogP contribution in [0.1, 0.15) is 24.5 Å². The molecule has 6 heteroatoms. The van der Waals surface area contributed by atoms with Gasteiger partial charge in [0, 0.05) is 18.0 Å². The Morgan fingerprint density at radius 3 is 2.50 bits per heavy atom. The minimum Gasteiger partial charge on any atom is -0.322 e. The zero-order valence-corrected chi connectivity index (χ0v) is 12.6. The van der Waals surface area contributed by atoms with Gasteiger partial charge in [-0.2, -0.15) is 0 Å². The number of rotatable bonds is 4. The number of H-pyrrole nitrogens is 1. The number of nitrogens with one attached hydrogen (secondary N) is 2. The van der Waals surface area contributed by atoms with Gasteiger partial charge in [0.15, 0.2) is 0 Å². The van der Waals surface area contributed by atoms with Gasteiger partial charge < -0.3 is 4.98 Å². The standard InChI is InChI=1S/C14H18N2O3S/c1-4-5-15-20(18,19)11-6-10(3)14-12(8-11)9(2)7-13(17)16-14/h6-8,15H,4-5H2,1-3H3,(H,16,17). The van der Waals surface area contributed by atoms with E-state index in [0.717, 1.165) is 22.9 Å². The van der Waals surface area contributed by atoms with Crippen LogP contribution in [-0.2, 0) is 10.0 Å². The first-order chi connectivity index (χ1) is 9.35. The van der Waals surface area contributed by atoms with Crippen LogP contribution in [0.4, 0.5) is 0 Å². The SMILES string of the molecule is CCCNS(=O)(=O)c1cc(C)c2[nH]c(=O)cc(C)c2c1. The van der Waals surface area contributed by atoms with Gasteiger partial charge in [0.1, 0.15) is 0 Å². The fourth-order valence-corrected chi connectivity index (χ4v) is 3.38. The van der Waals surface area contributed by atoms with Gasteiger partial charge in [-0.1, -0.05) is 6.92 Å². The minimum absolute atomic E-state index is 0.183. The highest BCUT2D eigenvalue weighted by atomic mass is 32.2. The molecular weight excluding hydrogens is 276 g/mol. The molecule has 0 unspecified atom stereocenters. The molecule has 0 radical (unpaired) electrons. The van der Waals surface area contributed by atoms with E-state index < -0.39 is 10.0 Å². The summed E-state index contributed by atoms with van der Waals surface area (Å²) in [6.07, 6.45) is 0.734. The Hall–Kier alpha value is -1.66. The molecule has 20 heavy (non-hydrogen) atoms. The smallest absolute Gasteiger partial charge is 0.248 e. The van der Waals surface area contributed by atoms with Gasteiger partial charge in [0.2, 0.25) is 15.6 Å². The zero-order valence-electron chi connectivity index (χ0n) is 11.8. The van der Waals surface area contributed by atoms with Crippen LogP contribution in [0.2, 0.25) is 0 Å². The molecule has 0 aliphatic carbocycles. The summed E-state index contributed by atoms with van der Waals surface area (Å²) in [7, 11) is -3.51. The molecule has 2 N–H and O–H groups in total. The quantitative estimate of drug-likeness (QED) is 0.903. The molecule has 0 atom stereocenters. The van der Waals surface area contributed by atoms with E-state index in [2.05, 4.69) is 9.71 Å². The second kappa shape index (κ2) is 5.38. The van der Waals surface area contributed by atoms with Crippen molar-refractivity contribution in [2.75, 3.05) is 6.54 Å². The van der Waals surface area contributed by atoms with E-state index in [9.17, 15) is 13.2 Å². The van der Waals surface area contributed by atoms with Gasteiger partial charge in [-0.3, -0.25) is 4.79 Å². The average Bonchev–Trinajstić information content (AvgIpc) is 2.37. The summed E-state index contributed by atoms with van der Waals surface area (Å²) in [4.78, 5) is 14.5. The van der Waals surface area contributed by atoms with Crippen LogP contribution in [0.3, 0.4) is 0 Å². The van der Waals surface area contributed by atoms with E-state index in [1.807, 2.05) is 6.92 Å². The second-order valence-corrected chi connectivity index (χ2v) is 6.64. The molecule has 0 bridgehead atoms. The lowest BCUT2D eigenvalue weighted by molar-refractivity contribution is 0.581. The molecule has 0 fully saturated rings. The van der Waals surface area contributed by atoms with Crippen molar-refractivity contribution in [3.63, 3.8) is 0 Å². The number of hydrogen-bond acceptors (Lipinski definition) is 3. The predicted molar refractivity (Wildman–Crippen MR) is 79.5 cm³/mol. The zero-order chi connectivity index (χ0) is 14.9. The molecule has 0 aliphatic rings. The number of sulfonamides is 1. The Kier molecular flexibility index (Phi) is 3.96. The second-order valence-electron chi connectivity index (χ2n) is 4.88. The first kappa shape index (κ1) is 14.7. The Balaban J connectivity index is 2.67. The number of hydrogen-bond donors (Lipinski definition) is 2. The Morgan fingerprint density at radius 1 is 1.15 bits per heavy atom. The van der Waals surface area contributed by atoms with Crippen LogP contribution in [0.15, 0.2) is 27.9 Å². The molecule has 0 saturated heterocycles. The van der Waals surface area contributed by atoms with Crippen molar-refractivity contribution >= 4 is 20.9 Å². The van der Waals surface area contributed by atoms with Gasteiger partial charge in [-0.25, -0.2) is 13.1 Å². The Bertz CT molecular complexity index is 807. The summed E-state index contributed by atoms with van der Waals surface area (Å²) in [5.41, 5.74) is 2.00. The van der Waals surface area contributed by atoms with Crippen LogP contribution in [0, 0.1) is 13.8 Å². The predicted octanol–water partition coefficient (Wildman–Crippen LogP) is 1.83. The third-order valence-electron chi connectivity index (χ3n) is 3.18. The topological polar surface area (TPSA) is 79.0 Å². The highest BCUT2D eigenvalue weighted by Crippen LogP contribution is 2.23. The number of aromatic amines is 1. The van der Waals surface area contributed by atoms with Crippen LogP contribution in [0.5, 0.6) is 0 Å². The molecule has 0 amide bonds. The molecule has 0 saturated carbocycles. The number of aromatic nitrogens is 1. The third kappa shape index (κ3) is 2.76. The van der Waals surface area contributed by atoms with Gasteiger partial charge in [-0.05, 0) is 43.5 Å². The lowest BCUT2D eigenvalue weighted by atomic mass is 10.1. The Morgan fingerprint density at radius 2 is 1.85 bits per heavy atom. The summed E-state index contributed by atoms with van der Waals surface area (Å²) in [5, 5.41) is 0.751. The highest BCUT2D eigenvalue weighted by molar-refractivity contribution is 7.89. The summed E-state index contributed by atoms with van der Waals surface area (Å²) in [6.45, 7) is 5.90. The van der Waals surface area contributed by atoms with Crippen molar-refractivity contribution in [1.29, 1.82) is 0 Å². The summed E-state index contributed by atoms with van der Waals surface area (Å²) in [5.74, 6) is 0. The van der Waals surface area contributed by atoms with Crippen molar-refractivity contribution in [2.24, 2.45) is 0 Å². The van der Waals surface area contributed by atoms with Crippen molar-refractivity contribution in [3.8, 4) is 0 Å². The van der Waals surface area contributed by atoms with Gasteiger partial charge in [0.25, 0.3) is 0 Å². The number of aryl methyl sites for hydroxylation is 2. The lowest BCUT2D eigenvalue weighted by Crippen LogP contribution is -2.24. The maximum atomic E-state index is 12.2. The molecular formula is C14H18N2O3S. The van der Waals surface area contributed by atoms with E-state index in [4.69, 9.17) is 0 Å². The van der Waals surface area contributed by atoms with Crippen molar-refractivity contribution in [2.45, 2.75) is 32.1 Å². The van der Waals surface area contributed by atoms with Gasteiger partial charge in [0.05, 0.1) is 10.4 Å². The van der Waals surface area contributed by atoms with Crippen LogP contribution in [-0.4, -0.2) is 19.9 Å². The fourth-order valence-electron chi connectivity index (χ4n) is 2.14. The van der Waals surface area contributed by atoms with Gasteiger partial charge in [-0.15, -0.1) is 0 Å². The molecule has 2 aromatic rings. The van der Waals surface area contributed by atoms with Crippen molar-refractivity contribution in [3.05, 3.63) is 39.7 Å².